The summed E-state index contributed by atoms with van der Waals surface area (Å²) in [4.78, 5) is 1.55. The molecule has 1 fully saturated rings. The summed E-state index contributed by atoms with van der Waals surface area (Å²) >= 11 is 0. The maximum atomic E-state index is 2.70. The van der Waals surface area contributed by atoms with Crippen LogP contribution in [0.1, 0.15) is 65.4 Å². The van der Waals surface area contributed by atoms with Crippen molar-refractivity contribution >= 4 is 15.1 Å². The van der Waals surface area contributed by atoms with Gasteiger partial charge < -0.3 is 0 Å². The number of hydrogen-bond acceptors (Lipinski definition) is 1. The van der Waals surface area contributed by atoms with Crippen LogP contribution in [0, 0.1) is 5.92 Å². The van der Waals surface area contributed by atoms with Gasteiger partial charge in [-0.1, -0.05) is 75.1 Å². The Morgan fingerprint density at radius 3 is 2.23 bits per heavy atom. The molecule has 1 aliphatic heterocycles. The molecule has 0 bridgehead atoms. The second kappa shape index (κ2) is 8.63. The van der Waals surface area contributed by atoms with Crippen molar-refractivity contribution in [2.45, 2.75) is 59.8 Å². The lowest BCUT2D eigenvalue weighted by molar-refractivity contribution is 0.409. The molecule has 1 heterocycles. The molecule has 3 rings (SSSR count). The average molecular weight is 370 g/mol. The largest absolute Gasteiger partial charge is 0.258 e. The Morgan fingerprint density at radius 1 is 1.00 bits per heavy atom. The minimum absolute atomic E-state index is 0.777. The summed E-state index contributed by atoms with van der Waals surface area (Å²) in [7, 11) is -1.22. The second-order valence-electron chi connectivity index (χ2n) is 7.74. The van der Waals surface area contributed by atoms with Gasteiger partial charge in [-0.05, 0) is 54.6 Å². The van der Waals surface area contributed by atoms with E-state index in [1.165, 1.54) is 43.2 Å². The number of hydrogen-bond donors (Lipinski definition) is 0. The van der Waals surface area contributed by atoms with Gasteiger partial charge in [0.25, 0.3) is 0 Å². The Morgan fingerprint density at radius 2 is 1.65 bits per heavy atom. The SMILES string of the molecule is CCN(CC)S1(C(=C(C)C)c2ccccc2)C=CC(C2CCCCC2)=C1. The van der Waals surface area contributed by atoms with Crippen LogP contribution in [-0.4, -0.2) is 17.4 Å². The van der Waals surface area contributed by atoms with Crippen LogP contribution < -0.4 is 0 Å². The van der Waals surface area contributed by atoms with E-state index in [4.69, 9.17) is 0 Å². The van der Waals surface area contributed by atoms with E-state index in [1.807, 2.05) is 0 Å². The predicted molar refractivity (Wildman–Crippen MR) is 119 cm³/mol. The lowest BCUT2D eigenvalue weighted by atomic mass is 9.84. The van der Waals surface area contributed by atoms with E-state index in [2.05, 4.69) is 79.2 Å². The Bertz CT molecular complexity index is 686. The van der Waals surface area contributed by atoms with Crippen molar-refractivity contribution in [1.29, 1.82) is 0 Å². The summed E-state index contributed by atoms with van der Waals surface area (Å²) in [5.41, 5.74) is 4.45. The summed E-state index contributed by atoms with van der Waals surface area (Å²) in [5, 5.41) is 5.25. The van der Waals surface area contributed by atoms with Crippen LogP contribution in [0.2, 0.25) is 0 Å². The topological polar surface area (TPSA) is 3.24 Å². The van der Waals surface area contributed by atoms with Gasteiger partial charge in [0.05, 0.1) is 0 Å². The maximum Gasteiger partial charge on any atom is 0.0158 e. The molecule has 26 heavy (non-hydrogen) atoms. The van der Waals surface area contributed by atoms with E-state index < -0.39 is 10.2 Å². The third kappa shape index (κ3) is 3.73. The van der Waals surface area contributed by atoms with Crippen LogP contribution in [0.15, 0.2) is 58.4 Å². The Hall–Kier alpha value is -1.25. The number of allylic oxidation sites excluding steroid dienone is 3. The number of nitrogens with zero attached hydrogens (tertiary/aromatic N) is 1. The summed E-state index contributed by atoms with van der Waals surface area (Å²) in [6, 6.07) is 11.1. The highest BCUT2D eigenvalue weighted by atomic mass is 32.3. The average Bonchev–Trinajstić information content (AvgIpc) is 3.10. The molecule has 1 saturated carbocycles. The maximum absolute atomic E-state index is 2.70. The molecule has 0 N–H and O–H groups in total. The summed E-state index contributed by atoms with van der Waals surface area (Å²) in [6.07, 6.45) is 9.45. The molecule has 0 saturated heterocycles. The zero-order valence-electron chi connectivity index (χ0n) is 17.0. The highest BCUT2D eigenvalue weighted by Crippen LogP contribution is 2.69. The standard InChI is InChI=1S/C24H35NS/c1-5-25(6-2)26(24(20(3)4)22-15-11-8-12-16-22)18-17-23(19-26)21-13-9-7-10-14-21/h8,11-12,15-19,21H,5-7,9-10,13-14H2,1-4H3. The third-order valence-corrected chi connectivity index (χ3v) is 9.66. The molecule has 2 heteroatoms. The lowest BCUT2D eigenvalue weighted by Crippen LogP contribution is -2.26. The van der Waals surface area contributed by atoms with Gasteiger partial charge in [-0.2, -0.15) is 0 Å². The molecule has 1 unspecified atom stereocenters. The molecule has 2 aliphatic rings. The zero-order chi connectivity index (χ0) is 18.6. The molecule has 1 nitrogen and oxygen atoms in total. The third-order valence-electron chi connectivity index (χ3n) is 5.81. The molecule has 1 aromatic carbocycles. The van der Waals surface area contributed by atoms with Gasteiger partial charge >= 0.3 is 0 Å². The van der Waals surface area contributed by atoms with Gasteiger partial charge in [0.2, 0.25) is 0 Å². The second-order valence-corrected chi connectivity index (χ2v) is 10.5. The smallest absolute Gasteiger partial charge is 0.0158 e. The highest BCUT2D eigenvalue weighted by Gasteiger charge is 2.35. The Balaban J connectivity index is 2.10. The van der Waals surface area contributed by atoms with Gasteiger partial charge in [0.1, 0.15) is 0 Å². The van der Waals surface area contributed by atoms with Crippen molar-refractivity contribution in [2.24, 2.45) is 5.92 Å². The van der Waals surface area contributed by atoms with Crippen LogP contribution in [0.4, 0.5) is 0 Å². The lowest BCUT2D eigenvalue weighted by Gasteiger charge is -2.45. The van der Waals surface area contributed by atoms with Crippen LogP contribution in [0.25, 0.3) is 4.91 Å². The fraction of sp³-hybridized carbons (Fsp3) is 0.500. The van der Waals surface area contributed by atoms with Crippen molar-refractivity contribution in [3.63, 3.8) is 0 Å². The van der Waals surface area contributed by atoms with E-state index >= 15 is 0 Å². The minimum Gasteiger partial charge on any atom is -0.258 e. The zero-order valence-corrected chi connectivity index (χ0v) is 17.8. The van der Waals surface area contributed by atoms with E-state index in [-0.39, 0.29) is 0 Å². The normalized spacial score (nSPS) is 25.8. The molecule has 1 atom stereocenters. The molecule has 1 aliphatic carbocycles. The molecule has 0 radical (unpaired) electrons. The van der Waals surface area contributed by atoms with Crippen LogP contribution in [0.5, 0.6) is 0 Å². The monoisotopic (exact) mass is 369 g/mol. The van der Waals surface area contributed by atoms with Gasteiger partial charge in [-0.3, -0.25) is 4.31 Å². The van der Waals surface area contributed by atoms with Crippen LogP contribution >= 0.6 is 10.2 Å². The first-order chi connectivity index (χ1) is 12.6. The summed E-state index contributed by atoms with van der Waals surface area (Å²) in [5.74, 6) is 0.777. The van der Waals surface area contributed by atoms with Gasteiger partial charge in [0, 0.05) is 18.0 Å². The number of rotatable bonds is 6. The van der Waals surface area contributed by atoms with Gasteiger partial charge in [0.15, 0.2) is 0 Å². The van der Waals surface area contributed by atoms with Crippen molar-refractivity contribution in [1.82, 2.24) is 4.31 Å². The molecule has 1 aromatic rings. The first-order valence-electron chi connectivity index (χ1n) is 10.3. The van der Waals surface area contributed by atoms with Crippen molar-refractivity contribution in [3.8, 4) is 0 Å². The van der Waals surface area contributed by atoms with E-state index in [0.717, 1.165) is 19.0 Å². The molecule has 0 spiro atoms. The van der Waals surface area contributed by atoms with E-state index in [1.54, 1.807) is 10.5 Å². The first-order valence-corrected chi connectivity index (χ1v) is 12.0. The van der Waals surface area contributed by atoms with Gasteiger partial charge in [-0.15, -0.1) is 10.2 Å². The van der Waals surface area contributed by atoms with Crippen LogP contribution in [-0.2, 0) is 0 Å². The predicted octanol–water partition coefficient (Wildman–Crippen LogP) is 7.49. The molecular weight excluding hydrogens is 334 g/mol. The Kier molecular flexibility index (Phi) is 6.47. The first kappa shape index (κ1) is 19.5. The van der Waals surface area contributed by atoms with Gasteiger partial charge in [-0.25, -0.2) is 0 Å². The highest BCUT2D eigenvalue weighted by molar-refractivity contribution is 8.43. The van der Waals surface area contributed by atoms with Crippen molar-refractivity contribution < 1.29 is 0 Å². The van der Waals surface area contributed by atoms with E-state index in [0.29, 0.717) is 0 Å². The number of benzene rings is 1. The molecular formula is C24H35NS. The quantitative estimate of drug-likeness (QED) is 0.502. The summed E-state index contributed by atoms with van der Waals surface area (Å²) in [6.45, 7) is 11.4. The molecule has 142 valence electrons. The van der Waals surface area contributed by atoms with E-state index in [9.17, 15) is 0 Å². The fourth-order valence-electron chi connectivity index (χ4n) is 4.60. The van der Waals surface area contributed by atoms with Crippen molar-refractivity contribution in [2.75, 3.05) is 13.1 Å². The van der Waals surface area contributed by atoms with Crippen LogP contribution in [0.3, 0.4) is 0 Å². The summed E-state index contributed by atoms with van der Waals surface area (Å²) < 4.78 is 2.70. The van der Waals surface area contributed by atoms with Crippen molar-refractivity contribution in [3.05, 3.63) is 63.9 Å². The Labute approximate surface area is 162 Å². The fourth-order valence-corrected chi connectivity index (χ4v) is 8.58. The minimum atomic E-state index is -1.22. The molecule has 0 amide bonds. The molecule has 0 aromatic heterocycles.